The predicted octanol–water partition coefficient (Wildman–Crippen LogP) is 2.61. The fourth-order valence-electron chi connectivity index (χ4n) is 2.75. The van der Waals surface area contributed by atoms with E-state index < -0.39 is 23.0 Å². The van der Waals surface area contributed by atoms with Crippen molar-refractivity contribution in [3.05, 3.63) is 70.3 Å². The van der Waals surface area contributed by atoms with E-state index >= 15 is 0 Å². The van der Waals surface area contributed by atoms with Crippen LogP contribution in [0.25, 0.3) is 0 Å². The van der Waals surface area contributed by atoms with Crippen LogP contribution in [-0.2, 0) is 14.3 Å². The van der Waals surface area contributed by atoms with Crippen molar-refractivity contribution in [2.45, 2.75) is 19.1 Å². The minimum absolute atomic E-state index is 0.0419. The van der Waals surface area contributed by atoms with Gasteiger partial charge in [0.25, 0.3) is 11.6 Å². The first-order valence-electron chi connectivity index (χ1n) is 7.28. The quantitative estimate of drug-likeness (QED) is 0.373. The lowest BCUT2D eigenvalue weighted by atomic mass is 9.89. The van der Waals surface area contributed by atoms with E-state index in [-0.39, 0.29) is 11.6 Å². The molecule has 0 N–H and O–H groups in total. The van der Waals surface area contributed by atoms with E-state index in [1.54, 1.807) is 36.4 Å². The van der Waals surface area contributed by atoms with E-state index in [0.717, 1.165) is 0 Å². The molecule has 1 heterocycles. The van der Waals surface area contributed by atoms with Gasteiger partial charge in [-0.15, -0.1) is 0 Å². The van der Waals surface area contributed by atoms with Crippen LogP contribution in [0.2, 0.25) is 0 Å². The number of anilines is 1. The number of para-hydroxylation sites is 1. The lowest BCUT2D eigenvalue weighted by Gasteiger charge is -2.46. The van der Waals surface area contributed by atoms with Crippen molar-refractivity contribution >= 4 is 23.3 Å². The third-order valence-electron chi connectivity index (χ3n) is 3.82. The third-order valence-corrected chi connectivity index (χ3v) is 3.82. The van der Waals surface area contributed by atoms with Crippen molar-refractivity contribution in [1.82, 2.24) is 0 Å². The number of nitro benzene ring substituents is 1. The van der Waals surface area contributed by atoms with E-state index in [1.807, 2.05) is 6.07 Å². The average molecular weight is 326 g/mol. The zero-order valence-corrected chi connectivity index (χ0v) is 12.8. The first-order valence-corrected chi connectivity index (χ1v) is 7.28. The zero-order chi connectivity index (χ0) is 17.3. The van der Waals surface area contributed by atoms with Crippen LogP contribution in [0.1, 0.15) is 18.5 Å². The number of hydrogen-bond donors (Lipinski definition) is 0. The molecule has 1 aliphatic rings. The largest absolute Gasteiger partial charge is 0.450 e. The summed E-state index contributed by atoms with van der Waals surface area (Å²) < 4.78 is 5.13. The first-order chi connectivity index (χ1) is 11.5. The molecule has 3 rings (SSSR count). The van der Waals surface area contributed by atoms with Crippen LogP contribution < -0.4 is 4.90 Å². The van der Waals surface area contributed by atoms with Gasteiger partial charge in [-0.2, -0.15) is 0 Å². The van der Waals surface area contributed by atoms with Crippen molar-refractivity contribution in [2.24, 2.45) is 0 Å². The summed E-state index contributed by atoms with van der Waals surface area (Å²) in [6, 6.07) is 14.4. The van der Waals surface area contributed by atoms with Gasteiger partial charge in [0.15, 0.2) is 0 Å². The number of non-ortho nitro benzene ring substituents is 1. The minimum atomic E-state index is -0.927. The molecular formula is C17H14N2O5. The highest BCUT2D eigenvalue weighted by atomic mass is 16.6. The van der Waals surface area contributed by atoms with Gasteiger partial charge < -0.3 is 4.74 Å². The van der Waals surface area contributed by atoms with Gasteiger partial charge in [-0.1, -0.05) is 18.2 Å². The molecule has 0 saturated carbocycles. The SMILES string of the molecule is CC(=O)OC1C(=O)N(c2ccccc2)C1c1ccc([N+](=O)[O-])cc1. The smallest absolute Gasteiger partial charge is 0.303 e. The van der Waals surface area contributed by atoms with Crippen molar-refractivity contribution in [3.63, 3.8) is 0 Å². The van der Waals surface area contributed by atoms with Crippen LogP contribution in [0.3, 0.4) is 0 Å². The molecule has 2 atom stereocenters. The van der Waals surface area contributed by atoms with Crippen LogP contribution >= 0.6 is 0 Å². The summed E-state index contributed by atoms with van der Waals surface area (Å²) in [5.74, 6) is -0.868. The summed E-state index contributed by atoms with van der Waals surface area (Å²) in [6.45, 7) is 1.24. The Kier molecular flexibility index (Phi) is 3.99. The summed E-state index contributed by atoms with van der Waals surface area (Å²) in [5, 5.41) is 10.8. The number of ether oxygens (including phenoxy) is 1. The topological polar surface area (TPSA) is 89.8 Å². The van der Waals surface area contributed by atoms with Crippen LogP contribution in [0.4, 0.5) is 11.4 Å². The van der Waals surface area contributed by atoms with E-state index in [4.69, 9.17) is 4.74 Å². The normalized spacial score (nSPS) is 19.5. The molecule has 0 spiro atoms. The Bertz CT molecular complexity index is 788. The molecule has 2 unspecified atom stereocenters. The fraction of sp³-hybridized carbons (Fsp3) is 0.176. The van der Waals surface area contributed by atoms with Crippen LogP contribution in [0.5, 0.6) is 0 Å². The monoisotopic (exact) mass is 326 g/mol. The van der Waals surface area contributed by atoms with Gasteiger partial charge in [0.1, 0.15) is 6.04 Å². The Morgan fingerprint density at radius 3 is 2.29 bits per heavy atom. The predicted molar refractivity (Wildman–Crippen MR) is 85.3 cm³/mol. The number of hydrogen-bond acceptors (Lipinski definition) is 5. The molecule has 0 radical (unpaired) electrons. The fourth-order valence-corrected chi connectivity index (χ4v) is 2.75. The summed E-state index contributed by atoms with van der Waals surface area (Å²) in [6.07, 6.45) is -0.927. The molecule has 1 amide bonds. The lowest BCUT2D eigenvalue weighted by Crippen LogP contribution is -2.60. The Balaban J connectivity index is 1.96. The second-order valence-corrected chi connectivity index (χ2v) is 5.37. The number of nitrogens with zero attached hydrogens (tertiary/aromatic N) is 2. The molecule has 1 saturated heterocycles. The number of carbonyl (C=O) groups excluding carboxylic acids is 2. The standard InChI is InChI=1S/C17H14N2O5/c1-11(20)24-16-15(12-7-9-14(10-8-12)19(22)23)18(17(16)21)13-5-3-2-4-6-13/h2-10,15-16H,1H3. The molecule has 122 valence electrons. The Morgan fingerprint density at radius 2 is 1.75 bits per heavy atom. The van der Waals surface area contributed by atoms with Gasteiger partial charge in [-0.3, -0.25) is 24.6 Å². The van der Waals surface area contributed by atoms with Crippen molar-refractivity contribution in [2.75, 3.05) is 4.90 Å². The van der Waals surface area contributed by atoms with Gasteiger partial charge in [-0.25, -0.2) is 0 Å². The van der Waals surface area contributed by atoms with Crippen LogP contribution in [-0.4, -0.2) is 22.9 Å². The molecular weight excluding hydrogens is 312 g/mol. The highest BCUT2D eigenvalue weighted by Crippen LogP contribution is 2.41. The number of esters is 1. The van der Waals surface area contributed by atoms with E-state index in [2.05, 4.69) is 0 Å². The number of amides is 1. The maximum atomic E-state index is 12.4. The highest BCUT2D eigenvalue weighted by Gasteiger charge is 2.51. The average Bonchev–Trinajstić information content (AvgIpc) is 2.58. The maximum Gasteiger partial charge on any atom is 0.303 e. The second-order valence-electron chi connectivity index (χ2n) is 5.37. The van der Waals surface area contributed by atoms with Crippen molar-refractivity contribution in [1.29, 1.82) is 0 Å². The Hall–Kier alpha value is -3.22. The second kappa shape index (κ2) is 6.11. The number of nitro groups is 1. The van der Waals surface area contributed by atoms with Gasteiger partial charge in [0.05, 0.1) is 4.92 Å². The summed E-state index contributed by atoms with van der Waals surface area (Å²) in [7, 11) is 0. The molecule has 1 fully saturated rings. The zero-order valence-electron chi connectivity index (χ0n) is 12.8. The number of carbonyl (C=O) groups is 2. The van der Waals surface area contributed by atoms with Crippen LogP contribution in [0, 0.1) is 10.1 Å². The minimum Gasteiger partial charge on any atom is -0.450 e. The van der Waals surface area contributed by atoms with Gasteiger partial charge in [0, 0.05) is 24.7 Å². The number of benzene rings is 2. The molecule has 24 heavy (non-hydrogen) atoms. The third kappa shape index (κ3) is 2.71. The molecule has 7 nitrogen and oxygen atoms in total. The van der Waals surface area contributed by atoms with Crippen molar-refractivity contribution in [3.8, 4) is 0 Å². The summed E-state index contributed by atoms with van der Waals surface area (Å²) in [4.78, 5) is 35.5. The molecule has 2 aromatic rings. The number of β-lactam (4-membered cyclic amide) rings is 1. The van der Waals surface area contributed by atoms with Crippen LogP contribution in [0.15, 0.2) is 54.6 Å². The van der Waals surface area contributed by atoms with E-state index in [1.165, 1.54) is 24.0 Å². The number of rotatable bonds is 4. The summed E-state index contributed by atoms with van der Waals surface area (Å²) in [5.41, 5.74) is 1.30. The molecule has 2 aromatic carbocycles. The molecule has 0 aromatic heterocycles. The first kappa shape index (κ1) is 15.7. The molecule has 0 aliphatic carbocycles. The lowest BCUT2D eigenvalue weighted by molar-refractivity contribution is -0.384. The molecule has 7 heteroatoms. The van der Waals surface area contributed by atoms with E-state index in [0.29, 0.717) is 11.3 Å². The molecule has 0 bridgehead atoms. The van der Waals surface area contributed by atoms with Gasteiger partial charge in [0.2, 0.25) is 6.10 Å². The Morgan fingerprint density at radius 1 is 1.12 bits per heavy atom. The van der Waals surface area contributed by atoms with E-state index in [9.17, 15) is 19.7 Å². The summed E-state index contributed by atoms with van der Waals surface area (Å²) >= 11 is 0. The Labute approximate surface area is 137 Å². The van der Waals surface area contributed by atoms with Gasteiger partial charge in [-0.05, 0) is 29.8 Å². The van der Waals surface area contributed by atoms with Crippen molar-refractivity contribution < 1.29 is 19.2 Å². The molecule has 1 aliphatic heterocycles. The van der Waals surface area contributed by atoms with Gasteiger partial charge >= 0.3 is 5.97 Å². The maximum absolute atomic E-state index is 12.4. The highest BCUT2D eigenvalue weighted by molar-refractivity contribution is 6.06.